The lowest BCUT2D eigenvalue weighted by Gasteiger charge is -2.14. The Labute approximate surface area is 218 Å². The molecule has 0 spiro atoms. The number of hydrogen-bond donors (Lipinski definition) is 1. The van der Waals surface area contributed by atoms with E-state index in [-0.39, 0.29) is 16.5 Å². The summed E-state index contributed by atoms with van der Waals surface area (Å²) in [5.41, 5.74) is 2.37. The van der Waals surface area contributed by atoms with Crippen molar-refractivity contribution in [2.75, 3.05) is 4.72 Å². The molecule has 2 aromatic heterocycles. The minimum atomic E-state index is -3.93. The minimum absolute atomic E-state index is 0.0566. The van der Waals surface area contributed by atoms with Gasteiger partial charge in [-0.2, -0.15) is 0 Å². The van der Waals surface area contributed by atoms with Crippen molar-refractivity contribution in [3.05, 3.63) is 119 Å². The van der Waals surface area contributed by atoms with Crippen LogP contribution >= 0.6 is 11.6 Å². The van der Waals surface area contributed by atoms with Crippen LogP contribution in [0.5, 0.6) is 0 Å². The van der Waals surface area contributed by atoms with Gasteiger partial charge in [-0.3, -0.25) is 9.52 Å². The van der Waals surface area contributed by atoms with Crippen molar-refractivity contribution in [3.8, 4) is 5.82 Å². The summed E-state index contributed by atoms with van der Waals surface area (Å²) in [6.07, 6.45) is 3.25. The Morgan fingerprint density at radius 2 is 1.49 bits per heavy atom. The maximum atomic E-state index is 13.1. The van der Waals surface area contributed by atoms with E-state index in [9.17, 15) is 13.2 Å². The molecule has 0 bridgehead atoms. The third-order valence-electron chi connectivity index (χ3n) is 5.51. The van der Waals surface area contributed by atoms with Gasteiger partial charge in [0.2, 0.25) is 0 Å². The van der Waals surface area contributed by atoms with E-state index >= 15 is 0 Å². The Balaban J connectivity index is 1.55. The van der Waals surface area contributed by atoms with Crippen LogP contribution in [0.1, 0.15) is 15.9 Å². The van der Waals surface area contributed by atoms with E-state index < -0.39 is 15.9 Å². The van der Waals surface area contributed by atoms with Crippen LogP contribution in [0.2, 0.25) is 5.02 Å². The minimum Gasteiger partial charge on any atom is -0.305 e. The third-order valence-corrected chi connectivity index (χ3v) is 7.19. The summed E-state index contributed by atoms with van der Waals surface area (Å²) in [5, 5.41) is 0.718. The van der Waals surface area contributed by atoms with Crippen molar-refractivity contribution in [2.45, 2.75) is 11.8 Å². The predicted octanol–water partition coefficient (Wildman–Crippen LogP) is 4.92. The number of nitrogens with one attached hydrogen (secondary N) is 1. The van der Waals surface area contributed by atoms with Crippen molar-refractivity contribution in [1.29, 1.82) is 0 Å². The van der Waals surface area contributed by atoms with E-state index in [0.29, 0.717) is 27.0 Å². The number of sulfonamides is 1. The number of rotatable bonds is 5. The maximum absolute atomic E-state index is 13.1. The quantitative estimate of drug-likeness (QED) is 0.347. The SMILES string of the molecule is Cc1ccc(S(=O)(=O)Nc2nc3ccccc3nc2-n2ccc(=NC(=O)c3ccccc3Cl)cc2)cc1. The number of fused-ring (bicyclic) bond motifs is 1. The third kappa shape index (κ3) is 5.28. The summed E-state index contributed by atoms with van der Waals surface area (Å²) in [7, 11) is -3.93. The Hall–Kier alpha value is -4.34. The van der Waals surface area contributed by atoms with Gasteiger partial charge in [0.1, 0.15) is 0 Å². The van der Waals surface area contributed by atoms with Crippen LogP contribution in [0.25, 0.3) is 16.9 Å². The molecule has 0 aliphatic rings. The van der Waals surface area contributed by atoms with Gasteiger partial charge < -0.3 is 4.57 Å². The second kappa shape index (κ2) is 9.96. The zero-order valence-electron chi connectivity index (χ0n) is 19.5. The number of pyridine rings is 1. The molecule has 0 aliphatic carbocycles. The Morgan fingerprint density at radius 3 is 2.16 bits per heavy atom. The Bertz CT molecular complexity index is 1800. The standard InChI is InChI=1S/C27H20ClN5O3S/c1-18-10-12-20(13-11-18)37(35,36)32-25-26(31-24-9-5-4-8-23(24)30-25)33-16-14-19(15-17-33)29-27(34)21-6-2-3-7-22(21)28/h2-17H,1H3,(H,30,32). The van der Waals surface area contributed by atoms with Crippen molar-refractivity contribution in [3.63, 3.8) is 0 Å². The zero-order valence-corrected chi connectivity index (χ0v) is 21.1. The highest BCUT2D eigenvalue weighted by Crippen LogP contribution is 2.23. The second-order valence-electron chi connectivity index (χ2n) is 8.16. The van der Waals surface area contributed by atoms with Crippen LogP contribution in [-0.4, -0.2) is 28.9 Å². The zero-order chi connectivity index (χ0) is 26.0. The number of aromatic nitrogens is 3. The lowest BCUT2D eigenvalue weighted by molar-refractivity contribution is 0.0998. The van der Waals surface area contributed by atoms with Crippen LogP contribution in [0.15, 0.2) is 107 Å². The number of para-hydroxylation sites is 2. The molecule has 0 aliphatic heterocycles. The summed E-state index contributed by atoms with van der Waals surface area (Å²) < 4.78 is 30.4. The van der Waals surface area contributed by atoms with E-state index in [2.05, 4.69) is 19.7 Å². The molecule has 2 heterocycles. The first kappa shape index (κ1) is 24.4. The summed E-state index contributed by atoms with van der Waals surface area (Å²) in [5.74, 6) is -0.153. The van der Waals surface area contributed by atoms with Crippen LogP contribution in [0, 0.1) is 6.92 Å². The summed E-state index contributed by atoms with van der Waals surface area (Å²) >= 11 is 6.10. The number of amides is 1. The highest BCUT2D eigenvalue weighted by molar-refractivity contribution is 7.92. The smallest absolute Gasteiger partial charge is 0.279 e. The molecule has 0 saturated carbocycles. The van der Waals surface area contributed by atoms with Crippen molar-refractivity contribution < 1.29 is 13.2 Å². The summed E-state index contributed by atoms with van der Waals surface area (Å²) in [6, 6.07) is 23.6. The molecule has 1 N–H and O–H groups in total. The van der Waals surface area contributed by atoms with Crippen LogP contribution in [0.4, 0.5) is 5.82 Å². The molecule has 0 atom stereocenters. The molecule has 0 saturated heterocycles. The molecular weight excluding hydrogens is 510 g/mol. The van der Waals surface area contributed by atoms with Gasteiger partial charge in [-0.1, -0.05) is 53.6 Å². The molecule has 184 valence electrons. The fourth-order valence-electron chi connectivity index (χ4n) is 3.59. The fourth-order valence-corrected chi connectivity index (χ4v) is 4.81. The monoisotopic (exact) mass is 529 g/mol. The van der Waals surface area contributed by atoms with Crippen LogP contribution in [0.3, 0.4) is 0 Å². The van der Waals surface area contributed by atoms with E-state index in [4.69, 9.17) is 11.6 Å². The first-order valence-electron chi connectivity index (χ1n) is 11.2. The molecule has 8 nitrogen and oxygen atoms in total. The number of hydrogen-bond acceptors (Lipinski definition) is 5. The maximum Gasteiger partial charge on any atom is 0.279 e. The first-order valence-corrected chi connectivity index (χ1v) is 13.0. The number of anilines is 1. The van der Waals surface area contributed by atoms with E-state index in [1.807, 2.05) is 13.0 Å². The molecule has 0 fully saturated rings. The topological polar surface area (TPSA) is 106 Å². The van der Waals surface area contributed by atoms with E-state index in [1.165, 1.54) is 12.1 Å². The number of nitrogens with zero attached hydrogens (tertiary/aromatic N) is 4. The van der Waals surface area contributed by atoms with Crippen LogP contribution in [-0.2, 0) is 10.0 Å². The molecule has 37 heavy (non-hydrogen) atoms. The molecule has 0 unspecified atom stereocenters. The number of benzene rings is 3. The van der Waals surface area contributed by atoms with Crippen molar-refractivity contribution in [2.24, 2.45) is 4.99 Å². The van der Waals surface area contributed by atoms with Gasteiger partial charge in [-0.15, -0.1) is 0 Å². The largest absolute Gasteiger partial charge is 0.305 e. The highest BCUT2D eigenvalue weighted by atomic mass is 35.5. The Morgan fingerprint density at radius 1 is 0.865 bits per heavy atom. The molecule has 5 aromatic rings. The number of aryl methyl sites for hydroxylation is 1. The van der Waals surface area contributed by atoms with Gasteiger partial charge in [-0.25, -0.2) is 23.4 Å². The lowest BCUT2D eigenvalue weighted by atomic mass is 10.2. The van der Waals surface area contributed by atoms with Gasteiger partial charge in [0, 0.05) is 12.4 Å². The van der Waals surface area contributed by atoms with Crippen molar-refractivity contribution >= 4 is 44.4 Å². The average molecular weight is 530 g/mol. The van der Waals surface area contributed by atoms with Gasteiger partial charge in [0.05, 0.1) is 31.9 Å². The van der Waals surface area contributed by atoms with Gasteiger partial charge in [0.25, 0.3) is 15.9 Å². The molecule has 10 heteroatoms. The molecular formula is C27H20ClN5O3S. The molecule has 0 radical (unpaired) electrons. The Kier molecular flexibility index (Phi) is 6.56. The van der Waals surface area contributed by atoms with E-state index in [1.54, 1.807) is 83.7 Å². The number of carbonyl (C=O) groups is 1. The first-order chi connectivity index (χ1) is 17.8. The second-order valence-corrected chi connectivity index (χ2v) is 10.3. The molecule has 3 aromatic carbocycles. The summed E-state index contributed by atoms with van der Waals surface area (Å²) in [4.78, 5) is 26.0. The van der Waals surface area contributed by atoms with Crippen LogP contribution < -0.4 is 10.1 Å². The molecule has 1 amide bonds. The van der Waals surface area contributed by atoms with E-state index in [0.717, 1.165) is 5.56 Å². The fraction of sp³-hybridized carbons (Fsp3) is 0.0370. The van der Waals surface area contributed by atoms with Gasteiger partial charge in [0.15, 0.2) is 11.6 Å². The highest BCUT2D eigenvalue weighted by Gasteiger charge is 2.19. The lowest BCUT2D eigenvalue weighted by Crippen LogP contribution is -2.17. The van der Waals surface area contributed by atoms with Gasteiger partial charge in [-0.05, 0) is 55.5 Å². The number of halogens is 1. The molecule has 5 rings (SSSR count). The normalized spacial score (nSPS) is 11.3. The number of carbonyl (C=O) groups excluding carboxylic acids is 1. The average Bonchev–Trinajstić information content (AvgIpc) is 2.89. The predicted molar refractivity (Wildman–Crippen MR) is 142 cm³/mol. The summed E-state index contributed by atoms with van der Waals surface area (Å²) in [6.45, 7) is 1.88. The van der Waals surface area contributed by atoms with Gasteiger partial charge >= 0.3 is 0 Å². The van der Waals surface area contributed by atoms with Crippen molar-refractivity contribution in [1.82, 2.24) is 14.5 Å².